The molecule has 0 radical (unpaired) electrons. The van der Waals surface area contributed by atoms with Crippen LogP contribution in [0.5, 0.6) is 17.2 Å². The Bertz CT molecular complexity index is 1230. The molecule has 1 saturated heterocycles. The van der Waals surface area contributed by atoms with Gasteiger partial charge >= 0.3 is 0 Å². The normalized spacial score (nSPS) is 22.4. The topological polar surface area (TPSA) is 95.1 Å². The molecule has 1 fully saturated rings. The van der Waals surface area contributed by atoms with Crippen molar-refractivity contribution in [2.24, 2.45) is 0 Å². The molecular formula is C22H19N3O5. The van der Waals surface area contributed by atoms with Gasteiger partial charge in [0.05, 0.1) is 12.6 Å². The smallest absolute Gasteiger partial charge is 0.245 e. The van der Waals surface area contributed by atoms with Gasteiger partial charge in [-0.2, -0.15) is 0 Å². The molecule has 4 heterocycles. The standard InChI is InChI=1S/C22H19N3O5/c1-24-9-19(27)25-16(22(24)28)8-14-13-7-12(26)3-4-15(13)23-20(14)21(25)11-2-5-17-18(6-11)30-10-29-17/h2-7,16,21,23,26H,8-10H2,1H3/t16?,21-/m1/s1. The number of aromatic nitrogens is 1. The number of piperazine rings is 1. The zero-order chi connectivity index (χ0) is 20.6. The maximum Gasteiger partial charge on any atom is 0.245 e. The lowest BCUT2D eigenvalue weighted by Crippen LogP contribution is -2.62. The van der Waals surface area contributed by atoms with Gasteiger partial charge in [-0.25, -0.2) is 0 Å². The molecule has 2 aromatic carbocycles. The molecule has 30 heavy (non-hydrogen) atoms. The molecule has 8 nitrogen and oxygen atoms in total. The third-order valence-corrected chi connectivity index (χ3v) is 6.24. The van der Waals surface area contributed by atoms with Gasteiger partial charge in [-0.3, -0.25) is 9.59 Å². The van der Waals surface area contributed by atoms with E-state index in [0.29, 0.717) is 17.9 Å². The largest absolute Gasteiger partial charge is 0.508 e. The molecule has 3 aliphatic rings. The summed E-state index contributed by atoms with van der Waals surface area (Å²) in [6.07, 6.45) is 0.398. The van der Waals surface area contributed by atoms with E-state index in [0.717, 1.165) is 27.7 Å². The third kappa shape index (κ3) is 2.27. The van der Waals surface area contributed by atoms with Crippen molar-refractivity contribution in [1.29, 1.82) is 0 Å². The number of phenols is 1. The molecule has 0 bridgehead atoms. The summed E-state index contributed by atoms with van der Waals surface area (Å²) in [6, 6.07) is 9.69. The van der Waals surface area contributed by atoms with Gasteiger partial charge in [0.15, 0.2) is 11.5 Å². The minimum atomic E-state index is -0.597. The van der Waals surface area contributed by atoms with Crippen molar-refractivity contribution >= 4 is 22.7 Å². The van der Waals surface area contributed by atoms with Crippen LogP contribution in [0.25, 0.3) is 10.9 Å². The molecule has 1 unspecified atom stereocenters. The molecule has 1 aromatic heterocycles. The Hall–Kier alpha value is -3.68. The van der Waals surface area contributed by atoms with Crippen molar-refractivity contribution in [3.8, 4) is 17.2 Å². The summed E-state index contributed by atoms with van der Waals surface area (Å²) in [4.78, 5) is 32.7. The summed E-state index contributed by atoms with van der Waals surface area (Å²) in [5, 5.41) is 10.9. The average Bonchev–Trinajstić information content (AvgIpc) is 3.34. The van der Waals surface area contributed by atoms with Crippen LogP contribution in [-0.2, 0) is 16.0 Å². The first-order valence-corrected chi connectivity index (χ1v) is 9.80. The number of benzene rings is 2. The van der Waals surface area contributed by atoms with Gasteiger partial charge in [0.2, 0.25) is 18.6 Å². The number of likely N-dealkylation sites (N-methyl/N-ethyl adjacent to an activating group) is 1. The number of aromatic amines is 1. The number of nitrogens with zero attached hydrogens (tertiary/aromatic N) is 2. The van der Waals surface area contributed by atoms with E-state index < -0.39 is 12.1 Å². The fourth-order valence-electron chi connectivity index (χ4n) is 4.87. The molecule has 8 heteroatoms. The first-order chi connectivity index (χ1) is 14.5. The predicted octanol–water partition coefficient (Wildman–Crippen LogP) is 1.92. The molecule has 2 amide bonds. The molecule has 3 aliphatic heterocycles. The summed E-state index contributed by atoms with van der Waals surface area (Å²) >= 11 is 0. The van der Waals surface area contributed by atoms with Crippen LogP contribution in [0.15, 0.2) is 36.4 Å². The summed E-state index contributed by atoms with van der Waals surface area (Å²) in [7, 11) is 1.66. The molecule has 2 atom stereocenters. The molecule has 152 valence electrons. The van der Waals surface area contributed by atoms with E-state index in [2.05, 4.69) is 4.98 Å². The Balaban J connectivity index is 1.60. The fraction of sp³-hybridized carbons (Fsp3) is 0.273. The zero-order valence-corrected chi connectivity index (χ0v) is 16.2. The van der Waals surface area contributed by atoms with Gasteiger partial charge in [0.25, 0.3) is 0 Å². The van der Waals surface area contributed by atoms with Gasteiger partial charge in [0, 0.05) is 30.1 Å². The number of rotatable bonds is 1. The van der Waals surface area contributed by atoms with E-state index in [1.165, 1.54) is 4.90 Å². The number of carbonyl (C=O) groups excluding carboxylic acids is 2. The third-order valence-electron chi connectivity index (χ3n) is 6.24. The number of H-pyrrole nitrogens is 1. The first-order valence-electron chi connectivity index (χ1n) is 9.80. The van der Waals surface area contributed by atoms with Gasteiger partial charge in [0.1, 0.15) is 11.8 Å². The number of phenolic OH excluding ortho intramolecular Hbond substituents is 1. The Labute approximate surface area is 171 Å². The number of fused-ring (bicyclic) bond motifs is 5. The second kappa shape index (κ2) is 5.91. The van der Waals surface area contributed by atoms with Crippen molar-refractivity contribution < 1.29 is 24.2 Å². The molecule has 0 saturated carbocycles. The summed E-state index contributed by atoms with van der Waals surface area (Å²) in [5.41, 5.74) is 3.50. The van der Waals surface area contributed by atoms with Gasteiger partial charge in [-0.05, 0) is 41.5 Å². The Morgan fingerprint density at radius 3 is 2.80 bits per heavy atom. The number of nitrogens with one attached hydrogen (secondary N) is 1. The van der Waals surface area contributed by atoms with Crippen LogP contribution in [0.1, 0.15) is 22.9 Å². The van der Waals surface area contributed by atoms with Gasteiger partial charge < -0.3 is 29.4 Å². The number of carbonyl (C=O) groups is 2. The quantitative estimate of drug-likeness (QED) is 0.645. The molecule has 6 rings (SSSR count). The van der Waals surface area contributed by atoms with Crippen LogP contribution < -0.4 is 9.47 Å². The highest BCUT2D eigenvalue weighted by atomic mass is 16.7. The number of hydrogen-bond acceptors (Lipinski definition) is 5. The van der Waals surface area contributed by atoms with Crippen molar-refractivity contribution in [2.45, 2.75) is 18.5 Å². The van der Waals surface area contributed by atoms with Gasteiger partial charge in [-0.1, -0.05) is 6.07 Å². The van der Waals surface area contributed by atoms with Crippen LogP contribution in [0, 0.1) is 0 Å². The number of amides is 2. The summed E-state index contributed by atoms with van der Waals surface area (Å²) < 4.78 is 11.0. The second-order valence-corrected chi connectivity index (χ2v) is 7.98. The van der Waals surface area contributed by atoms with E-state index in [9.17, 15) is 14.7 Å². The molecule has 0 spiro atoms. The highest BCUT2D eigenvalue weighted by Gasteiger charge is 2.47. The number of ether oxygens (including phenoxy) is 2. The van der Waals surface area contributed by atoms with E-state index in [-0.39, 0.29) is 30.9 Å². The lowest BCUT2D eigenvalue weighted by atomic mass is 9.86. The molecule has 3 aromatic rings. The van der Waals surface area contributed by atoms with Crippen molar-refractivity contribution in [1.82, 2.24) is 14.8 Å². The van der Waals surface area contributed by atoms with Gasteiger partial charge in [-0.15, -0.1) is 0 Å². The Kier molecular flexibility index (Phi) is 3.39. The minimum absolute atomic E-state index is 0.0483. The average molecular weight is 405 g/mol. The van der Waals surface area contributed by atoms with Crippen LogP contribution in [0.3, 0.4) is 0 Å². The Morgan fingerprint density at radius 2 is 1.93 bits per heavy atom. The monoisotopic (exact) mass is 405 g/mol. The fourth-order valence-corrected chi connectivity index (χ4v) is 4.87. The van der Waals surface area contributed by atoms with Crippen molar-refractivity contribution in [3.05, 3.63) is 53.2 Å². The predicted molar refractivity (Wildman–Crippen MR) is 106 cm³/mol. The second-order valence-electron chi connectivity index (χ2n) is 7.98. The highest BCUT2D eigenvalue weighted by molar-refractivity contribution is 5.97. The molecule has 0 aliphatic carbocycles. The lowest BCUT2D eigenvalue weighted by Gasteiger charge is -2.46. The van der Waals surface area contributed by atoms with E-state index in [1.54, 1.807) is 24.1 Å². The van der Waals surface area contributed by atoms with E-state index in [1.807, 2.05) is 24.3 Å². The zero-order valence-electron chi connectivity index (χ0n) is 16.2. The first kappa shape index (κ1) is 17.2. The highest BCUT2D eigenvalue weighted by Crippen LogP contribution is 2.45. The van der Waals surface area contributed by atoms with Crippen LogP contribution >= 0.6 is 0 Å². The maximum absolute atomic E-state index is 13.1. The minimum Gasteiger partial charge on any atom is -0.508 e. The van der Waals surface area contributed by atoms with E-state index in [4.69, 9.17) is 9.47 Å². The summed E-state index contributed by atoms with van der Waals surface area (Å²) in [6.45, 7) is 0.210. The SMILES string of the molecule is CN1CC(=O)N2C(Cc3c([nH]c4ccc(O)cc34)[C@H]2c2ccc3c(c2)OCO3)C1=O. The number of hydrogen-bond donors (Lipinski definition) is 2. The van der Waals surface area contributed by atoms with Crippen molar-refractivity contribution in [2.75, 3.05) is 20.4 Å². The van der Waals surface area contributed by atoms with Crippen molar-refractivity contribution in [3.63, 3.8) is 0 Å². The molecule has 2 N–H and O–H groups in total. The van der Waals surface area contributed by atoms with Crippen LogP contribution in [0.2, 0.25) is 0 Å². The Morgan fingerprint density at radius 1 is 1.10 bits per heavy atom. The lowest BCUT2D eigenvalue weighted by molar-refractivity contribution is -0.157. The maximum atomic E-state index is 13.1. The van der Waals surface area contributed by atoms with E-state index >= 15 is 0 Å². The number of aromatic hydroxyl groups is 1. The summed E-state index contributed by atoms with van der Waals surface area (Å²) in [5.74, 6) is 1.26. The van der Waals surface area contributed by atoms with Crippen LogP contribution in [0.4, 0.5) is 0 Å². The van der Waals surface area contributed by atoms with Crippen LogP contribution in [-0.4, -0.2) is 58.1 Å². The molecular weight excluding hydrogens is 386 g/mol.